The molecule has 1 rings (SSSR count). The number of nitrogens with zero attached hydrogens (tertiary/aromatic N) is 1. The highest BCUT2D eigenvalue weighted by atomic mass is 79.9. The summed E-state index contributed by atoms with van der Waals surface area (Å²) in [6, 6.07) is 2.95. The Hall–Kier alpha value is -0.590. The van der Waals surface area contributed by atoms with Crippen LogP contribution in [-0.2, 0) is 9.05 Å². The van der Waals surface area contributed by atoms with E-state index < -0.39 is 9.05 Å². The van der Waals surface area contributed by atoms with E-state index in [1.807, 2.05) is 13.8 Å². The van der Waals surface area contributed by atoms with Crippen molar-refractivity contribution in [1.82, 2.24) is 4.90 Å². The summed E-state index contributed by atoms with van der Waals surface area (Å²) in [5.74, 6) is -0.206. The lowest BCUT2D eigenvalue weighted by atomic mass is 10.1. The molecule has 0 N–H and O–H groups in total. The molecule has 0 radical (unpaired) electrons. The Morgan fingerprint density at radius 2 is 1.84 bits per heavy atom. The van der Waals surface area contributed by atoms with Crippen LogP contribution in [0.3, 0.4) is 0 Å². The Balaban J connectivity index is 3.40. The predicted molar refractivity (Wildman–Crippen MR) is 79.2 cm³/mol. The van der Waals surface area contributed by atoms with Gasteiger partial charge in [0.15, 0.2) is 0 Å². The van der Waals surface area contributed by atoms with Gasteiger partial charge in [0.1, 0.15) is 0 Å². The first-order chi connectivity index (χ1) is 8.72. The second kappa shape index (κ2) is 6.24. The van der Waals surface area contributed by atoms with Crippen molar-refractivity contribution in [3.63, 3.8) is 0 Å². The molecular formula is C12H15BrClNO3S. The van der Waals surface area contributed by atoms with Crippen molar-refractivity contribution >= 4 is 41.6 Å². The van der Waals surface area contributed by atoms with Crippen LogP contribution in [0.4, 0.5) is 0 Å². The van der Waals surface area contributed by atoms with Gasteiger partial charge in [-0.3, -0.25) is 4.79 Å². The van der Waals surface area contributed by atoms with Crippen LogP contribution in [-0.4, -0.2) is 32.3 Å². The third kappa shape index (κ3) is 3.70. The fraction of sp³-hybridized carbons (Fsp3) is 0.417. The van der Waals surface area contributed by atoms with Crippen LogP contribution < -0.4 is 0 Å². The molecule has 1 aromatic rings. The summed E-state index contributed by atoms with van der Waals surface area (Å²) < 4.78 is 23.4. The van der Waals surface area contributed by atoms with Crippen LogP contribution in [0, 0.1) is 6.92 Å². The van der Waals surface area contributed by atoms with Crippen LogP contribution >= 0.6 is 26.6 Å². The van der Waals surface area contributed by atoms with E-state index in [4.69, 9.17) is 10.7 Å². The van der Waals surface area contributed by atoms with Gasteiger partial charge in [0.2, 0.25) is 0 Å². The molecule has 0 aliphatic heterocycles. The molecule has 1 aromatic carbocycles. The van der Waals surface area contributed by atoms with Crippen LogP contribution in [0.1, 0.15) is 29.8 Å². The van der Waals surface area contributed by atoms with E-state index in [1.165, 1.54) is 6.07 Å². The highest BCUT2D eigenvalue weighted by molar-refractivity contribution is 9.10. The van der Waals surface area contributed by atoms with Gasteiger partial charge in [0.05, 0.1) is 4.90 Å². The summed E-state index contributed by atoms with van der Waals surface area (Å²) in [6.45, 7) is 6.58. The van der Waals surface area contributed by atoms with E-state index in [0.29, 0.717) is 28.7 Å². The highest BCUT2D eigenvalue weighted by Crippen LogP contribution is 2.30. The summed E-state index contributed by atoms with van der Waals surface area (Å²) in [5, 5.41) is 0. The Morgan fingerprint density at radius 3 is 2.26 bits per heavy atom. The predicted octanol–water partition coefficient (Wildman–Crippen LogP) is 3.17. The SMILES string of the molecule is CCN(CC)C(=O)c1cc(C)c(Br)c(S(=O)(=O)Cl)c1. The minimum absolute atomic E-state index is 0.0790. The van der Waals surface area contributed by atoms with Crippen LogP contribution in [0.2, 0.25) is 0 Å². The van der Waals surface area contributed by atoms with Crippen molar-refractivity contribution in [2.24, 2.45) is 0 Å². The highest BCUT2D eigenvalue weighted by Gasteiger charge is 2.21. The molecule has 0 heterocycles. The lowest BCUT2D eigenvalue weighted by Crippen LogP contribution is -2.30. The first-order valence-corrected chi connectivity index (χ1v) is 8.86. The fourth-order valence-electron chi connectivity index (χ4n) is 1.73. The van der Waals surface area contributed by atoms with Gasteiger partial charge in [0.25, 0.3) is 15.0 Å². The Bertz CT molecular complexity index is 597. The molecule has 0 spiro atoms. The van der Waals surface area contributed by atoms with Gasteiger partial charge < -0.3 is 4.90 Å². The molecule has 0 aliphatic carbocycles. The average Bonchev–Trinajstić information content (AvgIpc) is 2.32. The summed E-state index contributed by atoms with van der Waals surface area (Å²) >= 11 is 3.18. The van der Waals surface area contributed by atoms with E-state index in [2.05, 4.69) is 15.9 Å². The van der Waals surface area contributed by atoms with Crippen LogP contribution in [0.25, 0.3) is 0 Å². The largest absolute Gasteiger partial charge is 0.339 e. The number of amides is 1. The van der Waals surface area contributed by atoms with Crippen molar-refractivity contribution < 1.29 is 13.2 Å². The molecule has 7 heteroatoms. The lowest BCUT2D eigenvalue weighted by Gasteiger charge is -2.19. The Labute approximate surface area is 126 Å². The van der Waals surface area contributed by atoms with E-state index in [1.54, 1.807) is 17.9 Å². The summed E-state index contributed by atoms with van der Waals surface area (Å²) in [4.78, 5) is 13.8. The van der Waals surface area contributed by atoms with Gasteiger partial charge in [-0.05, 0) is 54.4 Å². The van der Waals surface area contributed by atoms with Crippen molar-refractivity contribution in [2.75, 3.05) is 13.1 Å². The first kappa shape index (κ1) is 16.5. The molecule has 4 nitrogen and oxygen atoms in total. The number of aryl methyl sites for hydroxylation is 1. The third-order valence-electron chi connectivity index (χ3n) is 2.78. The number of benzene rings is 1. The van der Waals surface area contributed by atoms with Crippen molar-refractivity contribution in [3.8, 4) is 0 Å². The number of carbonyl (C=O) groups excluding carboxylic acids is 1. The molecule has 0 aromatic heterocycles. The molecule has 0 atom stereocenters. The third-order valence-corrected chi connectivity index (χ3v) is 5.44. The maximum atomic E-state index is 12.2. The number of halogens is 2. The van der Waals surface area contributed by atoms with Crippen molar-refractivity contribution in [3.05, 3.63) is 27.7 Å². The Morgan fingerprint density at radius 1 is 1.32 bits per heavy atom. The minimum atomic E-state index is -3.90. The summed E-state index contributed by atoms with van der Waals surface area (Å²) in [5.41, 5.74) is 0.973. The van der Waals surface area contributed by atoms with Gasteiger partial charge in [-0.15, -0.1) is 0 Å². The van der Waals surface area contributed by atoms with E-state index in [-0.39, 0.29) is 10.8 Å². The molecule has 1 amide bonds. The molecule has 0 unspecified atom stereocenters. The number of carbonyl (C=O) groups is 1. The molecular weight excluding hydrogens is 354 g/mol. The van der Waals surface area contributed by atoms with E-state index in [0.717, 1.165) is 0 Å². The molecule has 0 aliphatic rings. The van der Waals surface area contributed by atoms with Crippen LogP contribution in [0.15, 0.2) is 21.5 Å². The maximum absolute atomic E-state index is 12.2. The number of hydrogen-bond acceptors (Lipinski definition) is 3. The van der Waals surface area contributed by atoms with Crippen molar-refractivity contribution in [1.29, 1.82) is 0 Å². The smallest absolute Gasteiger partial charge is 0.262 e. The maximum Gasteiger partial charge on any atom is 0.262 e. The second-order valence-electron chi connectivity index (χ2n) is 4.02. The number of hydrogen-bond donors (Lipinski definition) is 0. The molecule has 106 valence electrons. The van der Waals surface area contributed by atoms with Gasteiger partial charge in [0, 0.05) is 33.8 Å². The minimum Gasteiger partial charge on any atom is -0.339 e. The second-order valence-corrected chi connectivity index (χ2v) is 7.35. The zero-order chi connectivity index (χ0) is 14.8. The first-order valence-electron chi connectivity index (χ1n) is 5.76. The topological polar surface area (TPSA) is 54.5 Å². The van der Waals surface area contributed by atoms with Crippen molar-refractivity contribution in [2.45, 2.75) is 25.7 Å². The van der Waals surface area contributed by atoms with E-state index in [9.17, 15) is 13.2 Å². The zero-order valence-electron chi connectivity index (χ0n) is 10.9. The normalized spacial score (nSPS) is 11.4. The molecule has 0 saturated heterocycles. The lowest BCUT2D eigenvalue weighted by molar-refractivity contribution is 0.0772. The standard InChI is InChI=1S/C12H15BrClNO3S/c1-4-15(5-2)12(16)9-6-8(3)11(13)10(7-9)19(14,17)18/h6-7H,4-5H2,1-3H3. The molecule has 0 bridgehead atoms. The van der Waals surface area contributed by atoms with E-state index >= 15 is 0 Å². The Kier molecular flexibility index (Phi) is 5.41. The fourth-order valence-corrected chi connectivity index (χ4v) is 3.89. The van der Waals surface area contributed by atoms with Gasteiger partial charge in [-0.1, -0.05) is 0 Å². The van der Waals surface area contributed by atoms with Crippen LogP contribution in [0.5, 0.6) is 0 Å². The number of rotatable bonds is 4. The molecule has 0 fully saturated rings. The average molecular weight is 369 g/mol. The zero-order valence-corrected chi connectivity index (χ0v) is 14.1. The summed E-state index contributed by atoms with van der Waals surface area (Å²) in [6.07, 6.45) is 0. The van der Waals surface area contributed by atoms with Gasteiger partial charge >= 0.3 is 0 Å². The summed E-state index contributed by atoms with van der Waals surface area (Å²) in [7, 11) is 1.48. The molecule has 0 saturated carbocycles. The van der Waals surface area contributed by atoms with Gasteiger partial charge in [-0.2, -0.15) is 0 Å². The monoisotopic (exact) mass is 367 g/mol. The molecule has 19 heavy (non-hydrogen) atoms. The quantitative estimate of drug-likeness (QED) is 0.767. The van der Waals surface area contributed by atoms with Gasteiger partial charge in [-0.25, -0.2) is 8.42 Å².